The number of anilines is 1. The fourth-order valence-corrected chi connectivity index (χ4v) is 2.35. The number of thiazole rings is 1. The second-order valence-electron chi connectivity index (χ2n) is 4.35. The Balaban J connectivity index is 2.19. The van der Waals surface area contributed by atoms with Gasteiger partial charge in [-0.15, -0.1) is 0 Å². The fourth-order valence-electron chi connectivity index (χ4n) is 1.72. The van der Waals surface area contributed by atoms with Crippen molar-refractivity contribution in [3.63, 3.8) is 0 Å². The van der Waals surface area contributed by atoms with Gasteiger partial charge in [0, 0.05) is 6.07 Å². The largest absolute Gasteiger partial charge is 0.497 e. The quantitative estimate of drug-likeness (QED) is 0.847. The topological polar surface area (TPSA) is 69.7 Å². The number of hydrogen-bond acceptors (Lipinski definition) is 6. The average molecular weight is 322 g/mol. The van der Waals surface area contributed by atoms with Crippen molar-refractivity contribution in [3.8, 4) is 16.6 Å². The molecule has 0 aliphatic carbocycles. The summed E-state index contributed by atoms with van der Waals surface area (Å²) in [7, 11) is 3.12. The van der Waals surface area contributed by atoms with E-state index in [2.05, 4.69) is 10.3 Å². The Morgan fingerprint density at radius 1 is 1.32 bits per heavy atom. The van der Waals surface area contributed by atoms with Crippen LogP contribution in [0.1, 0.15) is 23.7 Å². The molecule has 7 heteroatoms. The first kappa shape index (κ1) is 16.1. The van der Waals surface area contributed by atoms with Crippen molar-refractivity contribution in [2.24, 2.45) is 0 Å². The highest BCUT2D eigenvalue weighted by Gasteiger charge is 2.15. The SMILES string of the molecule is CCCOc1cc(OC)ccc1C(=O)Nc1ncc(OC)s1. The van der Waals surface area contributed by atoms with E-state index in [0.29, 0.717) is 33.9 Å². The molecule has 22 heavy (non-hydrogen) atoms. The lowest BCUT2D eigenvalue weighted by atomic mass is 10.1. The Kier molecular flexibility index (Phi) is 5.60. The molecule has 0 fully saturated rings. The van der Waals surface area contributed by atoms with Gasteiger partial charge in [0.25, 0.3) is 5.91 Å². The van der Waals surface area contributed by atoms with Crippen molar-refractivity contribution in [2.45, 2.75) is 13.3 Å². The average Bonchev–Trinajstić information content (AvgIpc) is 3.00. The third-order valence-corrected chi connectivity index (χ3v) is 3.68. The highest BCUT2D eigenvalue weighted by Crippen LogP contribution is 2.28. The van der Waals surface area contributed by atoms with E-state index in [0.717, 1.165) is 6.42 Å². The summed E-state index contributed by atoms with van der Waals surface area (Å²) in [4.78, 5) is 16.5. The van der Waals surface area contributed by atoms with E-state index < -0.39 is 0 Å². The first-order valence-corrected chi connectivity index (χ1v) is 7.61. The zero-order valence-electron chi connectivity index (χ0n) is 12.7. The zero-order valence-corrected chi connectivity index (χ0v) is 13.5. The molecule has 0 atom stereocenters. The van der Waals surface area contributed by atoms with Gasteiger partial charge in [0.05, 0.1) is 32.6 Å². The van der Waals surface area contributed by atoms with Gasteiger partial charge >= 0.3 is 0 Å². The second kappa shape index (κ2) is 7.65. The first-order valence-electron chi connectivity index (χ1n) is 6.80. The maximum absolute atomic E-state index is 12.4. The van der Waals surface area contributed by atoms with Crippen molar-refractivity contribution < 1.29 is 19.0 Å². The lowest BCUT2D eigenvalue weighted by molar-refractivity contribution is 0.102. The highest BCUT2D eigenvalue weighted by atomic mass is 32.1. The van der Waals surface area contributed by atoms with Gasteiger partial charge in [-0.25, -0.2) is 4.98 Å². The van der Waals surface area contributed by atoms with Gasteiger partial charge < -0.3 is 14.2 Å². The molecule has 2 rings (SSSR count). The Bertz CT molecular complexity index is 642. The van der Waals surface area contributed by atoms with Crippen LogP contribution in [-0.2, 0) is 0 Å². The minimum atomic E-state index is -0.286. The van der Waals surface area contributed by atoms with Gasteiger partial charge in [-0.2, -0.15) is 0 Å². The molecule has 0 saturated heterocycles. The Hall–Kier alpha value is -2.28. The maximum atomic E-state index is 12.4. The van der Waals surface area contributed by atoms with Crippen LogP contribution in [0.2, 0.25) is 0 Å². The number of methoxy groups -OCH3 is 2. The van der Waals surface area contributed by atoms with Crippen molar-refractivity contribution in [2.75, 3.05) is 26.1 Å². The van der Waals surface area contributed by atoms with Crippen LogP contribution in [0.4, 0.5) is 5.13 Å². The second-order valence-corrected chi connectivity index (χ2v) is 5.35. The third-order valence-electron chi connectivity index (χ3n) is 2.80. The van der Waals surface area contributed by atoms with Crippen LogP contribution in [0, 0.1) is 0 Å². The fraction of sp³-hybridized carbons (Fsp3) is 0.333. The van der Waals surface area contributed by atoms with Gasteiger partial charge in [-0.3, -0.25) is 10.1 Å². The predicted octanol–water partition coefficient (Wildman–Crippen LogP) is 3.20. The van der Waals surface area contributed by atoms with Gasteiger partial charge in [0.1, 0.15) is 11.5 Å². The monoisotopic (exact) mass is 322 g/mol. The van der Waals surface area contributed by atoms with Crippen LogP contribution in [0.5, 0.6) is 16.6 Å². The van der Waals surface area contributed by atoms with Crippen molar-refractivity contribution in [1.29, 1.82) is 0 Å². The lowest BCUT2D eigenvalue weighted by Crippen LogP contribution is -2.13. The lowest BCUT2D eigenvalue weighted by Gasteiger charge is -2.11. The van der Waals surface area contributed by atoms with Crippen LogP contribution in [0.25, 0.3) is 0 Å². The number of hydrogen-bond donors (Lipinski definition) is 1. The van der Waals surface area contributed by atoms with Crippen LogP contribution >= 0.6 is 11.3 Å². The molecule has 0 spiro atoms. The molecule has 0 aliphatic heterocycles. The molecule has 0 aliphatic rings. The molecule has 1 aromatic carbocycles. The number of nitrogens with zero attached hydrogens (tertiary/aromatic N) is 1. The summed E-state index contributed by atoms with van der Waals surface area (Å²) >= 11 is 1.26. The normalized spacial score (nSPS) is 10.1. The first-order chi connectivity index (χ1) is 10.7. The summed E-state index contributed by atoms with van der Waals surface area (Å²) in [5.74, 6) is 0.839. The maximum Gasteiger partial charge on any atom is 0.261 e. The molecular weight excluding hydrogens is 304 g/mol. The van der Waals surface area contributed by atoms with Gasteiger partial charge in [-0.05, 0) is 18.6 Å². The summed E-state index contributed by atoms with van der Waals surface area (Å²) in [6.45, 7) is 2.53. The zero-order chi connectivity index (χ0) is 15.9. The predicted molar refractivity (Wildman–Crippen MR) is 85.4 cm³/mol. The summed E-state index contributed by atoms with van der Waals surface area (Å²) < 4.78 is 15.9. The Labute approximate surface area is 133 Å². The van der Waals surface area contributed by atoms with Gasteiger partial charge in [-0.1, -0.05) is 18.3 Å². The molecule has 1 amide bonds. The van der Waals surface area contributed by atoms with Gasteiger partial charge in [0.2, 0.25) is 0 Å². The van der Waals surface area contributed by atoms with E-state index in [9.17, 15) is 4.79 Å². The molecule has 0 saturated carbocycles. The number of aromatic nitrogens is 1. The minimum absolute atomic E-state index is 0.286. The van der Waals surface area contributed by atoms with E-state index in [-0.39, 0.29) is 5.91 Å². The van der Waals surface area contributed by atoms with Crippen molar-refractivity contribution in [3.05, 3.63) is 30.0 Å². The van der Waals surface area contributed by atoms with E-state index in [1.165, 1.54) is 11.3 Å². The summed E-state index contributed by atoms with van der Waals surface area (Å²) in [6.07, 6.45) is 2.41. The Morgan fingerprint density at radius 3 is 2.77 bits per heavy atom. The Morgan fingerprint density at radius 2 is 2.14 bits per heavy atom. The molecule has 0 radical (unpaired) electrons. The van der Waals surface area contributed by atoms with Crippen molar-refractivity contribution >= 4 is 22.4 Å². The standard InChI is InChI=1S/C15H18N2O4S/c1-4-7-21-12-8-10(19-2)5-6-11(12)14(18)17-15-16-9-13(20-3)22-15/h5-6,8-9H,4,7H2,1-3H3,(H,16,17,18). The number of carbonyl (C=O) groups excluding carboxylic acids is 1. The smallest absolute Gasteiger partial charge is 0.261 e. The molecular formula is C15H18N2O4S. The van der Waals surface area contributed by atoms with Crippen LogP contribution in [0.3, 0.4) is 0 Å². The highest BCUT2D eigenvalue weighted by molar-refractivity contribution is 7.17. The van der Waals surface area contributed by atoms with Crippen LogP contribution in [-0.4, -0.2) is 31.7 Å². The number of amides is 1. The summed E-state index contributed by atoms with van der Waals surface area (Å²) in [5, 5.41) is 3.84. The molecule has 0 bridgehead atoms. The molecule has 0 unspecified atom stereocenters. The minimum Gasteiger partial charge on any atom is -0.497 e. The third kappa shape index (κ3) is 3.88. The van der Waals surface area contributed by atoms with Crippen molar-refractivity contribution in [1.82, 2.24) is 4.98 Å². The number of benzene rings is 1. The van der Waals surface area contributed by atoms with E-state index >= 15 is 0 Å². The molecule has 1 N–H and O–H groups in total. The molecule has 1 heterocycles. The summed E-state index contributed by atoms with van der Waals surface area (Å²) in [6, 6.07) is 5.09. The number of carbonyl (C=O) groups is 1. The van der Waals surface area contributed by atoms with E-state index in [1.807, 2.05) is 6.92 Å². The summed E-state index contributed by atoms with van der Waals surface area (Å²) in [5.41, 5.74) is 0.434. The van der Waals surface area contributed by atoms with E-state index in [4.69, 9.17) is 14.2 Å². The molecule has 1 aromatic heterocycles. The van der Waals surface area contributed by atoms with Crippen LogP contribution < -0.4 is 19.5 Å². The number of nitrogens with one attached hydrogen (secondary N) is 1. The van der Waals surface area contributed by atoms with Crippen LogP contribution in [0.15, 0.2) is 24.4 Å². The molecule has 6 nitrogen and oxygen atoms in total. The van der Waals surface area contributed by atoms with E-state index in [1.54, 1.807) is 38.6 Å². The number of ether oxygens (including phenoxy) is 3. The van der Waals surface area contributed by atoms with Gasteiger partial charge in [0.15, 0.2) is 10.2 Å². The number of rotatable bonds is 7. The molecule has 118 valence electrons. The molecule has 2 aromatic rings.